The van der Waals surface area contributed by atoms with Gasteiger partial charge in [-0.15, -0.1) is 0 Å². The molecule has 1 aromatic carbocycles. The molecule has 31 heavy (non-hydrogen) atoms. The summed E-state index contributed by atoms with van der Waals surface area (Å²) >= 11 is 0. The fourth-order valence-electron chi connectivity index (χ4n) is 2.82. The predicted molar refractivity (Wildman–Crippen MR) is 134 cm³/mol. The van der Waals surface area contributed by atoms with Gasteiger partial charge in [-0.1, -0.05) is 143 Å². The van der Waals surface area contributed by atoms with E-state index >= 15 is 0 Å². The van der Waals surface area contributed by atoms with Crippen LogP contribution < -0.4 is 0 Å². The molecule has 0 amide bonds. The third kappa shape index (κ3) is 17.7. The normalized spacial score (nSPS) is 12.5. The molecule has 0 aliphatic heterocycles. The molecule has 0 heterocycles. The molecule has 0 aliphatic rings. The minimum atomic E-state index is -0.345. The van der Waals surface area contributed by atoms with Gasteiger partial charge < -0.3 is 4.74 Å². The Hall–Kier alpha value is -2.87. The van der Waals surface area contributed by atoms with E-state index in [9.17, 15) is 4.79 Å². The number of carbonyl (C=O) groups excluding carboxylic acids is 1. The van der Waals surface area contributed by atoms with Crippen molar-refractivity contribution in [2.75, 3.05) is 0 Å². The Morgan fingerprint density at radius 2 is 1.26 bits per heavy atom. The molecule has 0 spiro atoms. The molecule has 1 rings (SSSR count). The van der Waals surface area contributed by atoms with Gasteiger partial charge in [0.25, 0.3) is 0 Å². The summed E-state index contributed by atoms with van der Waals surface area (Å²) < 4.78 is 5.16. The zero-order valence-corrected chi connectivity index (χ0v) is 19.0. The van der Waals surface area contributed by atoms with Crippen LogP contribution in [0.4, 0.5) is 0 Å². The Morgan fingerprint density at radius 3 is 1.90 bits per heavy atom. The van der Waals surface area contributed by atoms with Crippen molar-refractivity contribution in [1.82, 2.24) is 0 Å². The molecule has 0 atom stereocenters. The Morgan fingerprint density at radius 1 is 0.710 bits per heavy atom. The molecule has 1 aromatic rings. The number of hydrogen-bond donors (Lipinski definition) is 0. The van der Waals surface area contributed by atoms with E-state index in [2.05, 4.69) is 25.2 Å². The highest BCUT2D eigenvalue weighted by Crippen LogP contribution is 2.08. The number of benzene rings is 1. The summed E-state index contributed by atoms with van der Waals surface area (Å²) in [6.45, 7) is 2.55. The summed E-state index contributed by atoms with van der Waals surface area (Å²) in [4.78, 5) is 11.6. The molecular formula is C29H38O2. The average Bonchev–Trinajstić information content (AvgIpc) is 2.80. The highest BCUT2D eigenvalue weighted by Gasteiger charge is 1.96. The van der Waals surface area contributed by atoms with Crippen LogP contribution in [0.1, 0.15) is 63.9 Å². The zero-order chi connectivity index (χ0) is 22.2. The Bertz CT molecular complexity index is 733. The minimum Gasteiger partial charge on any atom is -0.458 e. The van der Waals surface area contributed by atoms with E-state index in [-0.39, 0.29) is 5.97 Å². The molecule has 2 heteroatoms. The van der Waals surface area contributed by atoms with Crippen LogP contribution in [0.25, 0.3) is 0 Å². The van der Waals surface area contributed by atoms with Crippen molar-refractivity contribution in [3.05, 3.63) is 109 Å². The lowest BCUT2D eigenvalue weighted by Crippen LogP contribution is -2.00. The summed E-state index contributed by atoms with van der Waals surface area (Å²) in [7, 11) is 0. The first-order valence-corrected chi connectivity index (χ1v) is 11.5. The molecule has 166 valence electrons. The number of carbonyl (C=O) groups is 1. The maximum Gasteiger partial charge on any atom is 0.331 e. The van der Waals surface area contributed by atoms with Crippen molar-refractivity contribution >= 4 is 5.97 Å². The zero-order valence-electron chi connectivity index (χ0n) is 19.0. The van der Waals surface area contributed by atoms with Crippen LogP contribution in [0, 0.1) is 0 Å². The average molecular weight is 419 g/mol. The van der Waals surface area contributed by atoms with E-state index in [1.165, 1.54) is 57.4 Å². The number of esters is 1. The van der Waals surface area contributed by atoms with Gasteiger partial charge in [-0.2, -0.15) is 0 Å². The van der Waals surface area contributed by atoms with Crippen LogP contribution in [-0.4, -0.2) is 5.97 Å². The first-order valence-electron chi connectivity index (χ1n) is 11.5. The maximum atomic E-state index is 11.6. The quantitative estimate of drug-likeness (QED) is 0.117. The Labute approximate surface area is 189 Å². The third-order valence-corrected chi connectivity index (χ3v) is 4.57. The molecule has 0 fully saturated rings. The summed E-state index contributed by atoms with van der Waals surface area (Å²) in [5, 5.41) is 0. The van der Waals surface area contributed by atoms with Crippen LogP contribution in [-0.2, 0) is 16.1 Å². The SMILES string of the molecule is CCCCCCCCCC=CC=CC=CC=CC=CC=CC(=O)OCc1ccccc1. The number of rotatable bonds is 16. The largest absolute Gasteiger partial charge is 0.458 e. The monoisotopic (exact) mass is 418 g/mol. The fourth-order valence-corrected chi connectivity index (χ4v) is 2.82. The highest BCUT2D eigenvalue weighted by molar-refractivity contribution is 5.82. The van der Waals surface area contributed by atoms with Crippen LogP contribution in [0.3, 0.4) is 0 Å². The van der Waals surface area contributed by atoms with Crippen LogP contribution >= 0.6 is 0 Å². The second kappa shape index (κ2) is 20.4. The van der Waals surface area contributed by atoms with Gasteiger partial charge in [-0.25, -0.2) is 4.79 Å². The first-order chi connectivity index (χ1) is 15.3. The summed E-state index contributed by atoms with van der Waals surface area (Å²) in [6.07, 6.45) is 33.7. The van der Waals surface area contributed by atoms with Gasteiger partial charge in [-0.05, 0) is 18.4 Å². The number of hydrogen-bond acceptors (Lipinski definition) is 2. The molecule has 2 nitrogen and oxygen atoms in total. The number of allylic oxidation sites excluding steroid dienone is 11. The summed E-state index contributed by atoms with van der Waals surface area (Å²) in [5.74, 6) is -0.345. The van der Waals surface area contributed by atoms with Crippen LogP contribution in [0.2, 0.25) is 0 Å². The molecule has 0 bridgehead atoms. The fraction of sp³-hybridized carbons (Fsp3) is 0.345. The van der Waals surface area contributed by atoms with Gasteiger partial charge >= 0.3 is 5.97 Å². The lowest BCUT2D eigenvalue weighted by Gasteiger charge is -2.00. The molecule has 0 aromatic heterocycles. The van der Waals surface area contributed by atoms with Gasteiger partial charge in [-0.3, -0.25) is 0 Å². The van der Waals surface area contributed by atoms with Crippen molar-refractivity contribution in [3.8, 4) is 0 Å². The van der Waals surface area contributed by atoms with Crippen molar-refractivity contribution in [2.45, 2.75) is 64.9 Å². The maximum absolute atomic E-state index is 11.6. The predicted octanol–water partition coefficient (Wildman–Crippen LogP) is 8.21. The van der Waals surface area contributed by atoms with Gasteiger partial charge in [0.05, 0.1) is 0 Å². The number of ether oxygens (including phenoxy) is 1. The van der Waals surface area contributed by atoms with Gasteiger partial charge in [0.2, 0.25) is 0 Å². The lowest BCUT2D eigenvalue weighted by molar-refractivity contribution is -0.139. The molecule has 0 saturated carbocycles. The van der Waals surface area contributed by atoms with E-state index in [0.29, 0.717) is 6.61 Å². The smallest absolute Gasteiger partial charge is 0.331 e. The third-order valence-electron chi connectivity index (χ3n) is 4.57. The molecule has 0 radical (unpaired) electrons. The van der Waals surface area contributed by atoms with E-state index in [0.717, 1.165) is 5.56 Å². The van der Waals surface area contributed by atoms with Gasteiger partial charge in [0.1, 0.15) is 6.61 Å². The second-order valence-corrected chi connectivity index (χ2v) is 7.33. The van der Waals surface area contributed by atoms with E-state index < -0.39 is 0 Å². The Balaban J connectivity index is 2.04. The molecule has 0 saturated heterocycles. The topological polar surface area (TPSA) is 26.3 Å². The molecule has 0 unspecified atom stereocenters. The Kier molecular flexibility index (Phi) is 17.2. The molecular weight excluding hydrogens is 380 g/mol. The standard InChI is InChI=1S/C29H38O2/c1-2-3-4-5-6-7-8-9-10-11-12-13-14-15-16-17-18-19-23-26-29(30)31-27-28-24-21-20-22-25-28/h10-26H,2-9,27H2,1H3. The summed E-state index contributed by atoms with van der Waals surface area (Å²) in [6, 6.07) is 9.64. The summed E-state index contributed by atoms with van der Waals surface area (Å²) in [5.41, 5.74) is 0.979. The highest BCUT2D eigenvalue weighted by atomic mass is 16.5. The van der Waals surface area contributed by atoms with Crippen molar-refractivity contribution < 1.29 is 9.53 Å². The van der Waals surface area contributed by atoms with E-state index in [1.807, 2.05) is 66.8 Å². The van der Waals surface area contributed by atoms with Gasteiger partial charge in [0, 0.05) is 6.08 Å². The van der Waals surface area contributed by atoms with Crippen molar-refractivity contribution in [1.29, 1.82) is 0 Å². The van der Waals surface area contributed by atoms with Crippen LogP contribution in [0.5, 0.6) is 0 Å². The first kappa shape index (κ1) is 26.2. The van der Waals surface area contributed by atoms with E-state index in [4.69, 9.17) is 4.74 Å². The lowest BCUT2D eigenvalue weighted by atomic mass is 10.1. The second-order valence-electron chi connectivity index (χ2n) is 7.33. The van der Waals surface area contributed by atoms with E-state index in [1.54, 1.807) is 12.2 Å². The van der Waals surface area contributed by atoms with Crippen LogP contribution in [0.15, 0.2) is 103 Å². The van der Waals surface area contributed by atoms with Crippen molar-refractivity contribution in [2.24, 2.45) is 0 Å². The molecule has 0 aliphatic carbocycles. The number of unbranched alkanes of at least 4 members (excludes halogenated alkanes) is 7. The van der Waals surface area contributed by atoms with Crippen molar-refractivity contribution in [3.63, 3.8) is 0 Å². The van der Waals surface area contributed by atoms with Gasteiger partial charge in [0.15, 0.2) is 0 Å². The molecule has 0 N–H and O–H groups in total. The minimum absolute atomic E-state index is 0.292.